The number of hydrogen-bond acceptors (Lipinski definition) is 4. The summed E-state index contributed by atoms with van der Waals surface area (Å²) in [5.41, 5.74) is 5.30. The third kappa shape index (κ3) is 5.92. The quantitative estimate of drug-likeness (QED) is 0.513. The molecule has 4 nitrogen and oxygen atoms in total. The van der Waals surface area contributed by atoms with E-state index < -0.39 is 0 Å². The first-order valence-electron chi connectivity index (χ1n) is 12.0. The highest BCUT2D eigenvalue weighted by Crippen LogP contribution is 2.40. The normalized spacial score (nSPS) is 24.7. The van der Waals surface area contributed by atoms with Crippen molar-refractivity contribution in [1.82, 2.24) is 0 Å². The SMILES string of the molecule is C=Cc1cc(C=NC)c2c(c1)C=C(C(=O)CC1CCCOCC(=O)CC(CC)CC1)C2C. The molecule has 2 aliphatic rings. The van der Waals surface area contributed by atoms with Crippen molar-refractivity contribution in [2.75, 3.05) is 20.3 Å². The summed E-state index contributed by atoms with van der Waals surface area (Å²) in [6.45, 7) is 9.01. The first-order chi connectivity index (χ1) is 15.5. The predicted molar refractivity (Wildman–Crippen MR) is 132 cm³/mol. The van der Waals surface area contributed by atoms with Crippen molar-refractivity contribution in [2.24, 2.45) is 16.8 Å². The smallest absolute Gasteiger partial charge is 0.159 e. The van der Waals surface area contributed by atoms with Gasteiger partial charge in [-0.3, -0.25) is 14.6 Å². The van der Waals surface area contributed by atoms with E-state index >= 15 is 0 Å². The molecule has 0 radical (unpaired) electrons. The number of carbonyl (C=O) groups is 2. The first kappa shape index (κ1) is 24.3. The summed E-state index contributed by atoms with van der Waals surface area (Å²) in [4.78, 5) is 29.7. The minimum atomic E-state index is 0.0662. The molecule has 0 spiro atoms. The van der Waals surface area contributed by atoms with E-state index in [0.717, 1.165) is 54.4 Å². The molecule has 1 aliphatic heterocycles. The number of ketones is 2. The molecule has 3 unspecified atom stereocenters. The Labute approximate surface area is 192 Å². The maximum Gasteiger partial charge on any atom is 0.159 e. The van der Waals surface area contributed by atoms with Crippen LogP contribution in [0.3, 0.4) is 0 Å². The van der Waals surface area contributed by atoms with Gasteiger partial charge in [-0.05, 0) is 78.0 Å². The van der Waals surface area contributed by atoms with E-state index in [1.807, 2.05) is 12.3 Å². The van der Waals surface area contributed by atoms with Crippen LogP contribution in [0, 0.1) is 11.8 Å². The predicted octanol–water partition coefficient (Wildman–Crippen LogP) is 6.03. The van der Waals surface area contributed by atoms with Crippen LogP contribution in [0.2, 0.25) is 0 Å². The molecule has 0 N–H and O–H groups in total. The lowest BCUT2D eigenvalue weighted by molar-refractivity contribution is -0.124. The Hall–Kier alpha value is -2.33. The van der Waals surface area contributed by atoms with Crippen molar-refractivity contribution in [3.05, 3.63) is 46.5 Å². The number of benzene rings is 1. The summed E-state index contributed by atoms with van der Waals surface area (Å²) >= 11 is 0. The number of nitrogens with zero attached hydrogens (tertiary/aromatic N) is 1. The second kappa shape index (κ2) is 11.5. The lowest BCUT2D eigenvalue weighted by atomic mass is 9.83. The Morgan fingerprint density at radius 3 is 2.75 bits per heavy atom. The van der Waals surface area contributed by atoms with Crippen LogP contribution in [0.15, 0.2) is 29.3 Å². The Balaban J connectivity index is 1.75. The highest BCUT2D eigenvalue weighted by atomic mass is 16.5. The molecule has 172 valence electrons. The maximum atomic E-state index is 13.4. The van der Waals surface area contributed by atoms with Gasteiger partial charge in [0, 0.05) is 44.2 Å². The van der Waals surface area contributed by atoms with Crippen LogP contribution in [-0.2, 0) is 14.3 Å². The summed E-state index contributed by atoms with van der Waals surface area (Å²) in [6, 6.07) is 4.20. The van der Waals surface area contributed by atoms with Crippen molar-refractivity contribution >= 4 is 29.9 Å². The summed E-state index contributed by atoms with van der Waals surface area (Å²) in [6.07, 6.45) is 11.8. The van der Waals surface area contributed by atoms with E-state index in [4.69, 9.17) is 4.74 Å². The van der Waals surface area contributed by atoms with Crippen LogP contribution in [0.4, 0.5) is 0 Å². The van der Waals surface area contributed by atoms with Gasteiger partial charge in [0.05, 0.1) is 0 Å². The van der Waals surface area contributed by atoms with Crippen LogP contribution >= 0.6 is 0 Å². The molecule has 4 heteroatoms. The minimum Gasteiger partial charge on any atom is -0.374 e. The van der Waals surface area contributed by atoms with E-state index in [0.29, 0.717) is 31.3 Å². The summed E-state index contributed by atoms with van der Waals surface area (Å²) < 4.78 is 5.57. The molecule has 0 bridgehead atoms. The summed E-state index contributed by atoms with van der Waals surface area (Å²) in [7, 11) is 1.77. The molecule has 3 atom stereocenters. The number of fused-ring (bicyclic) bond motifs is 1. The van der Waals surface area contributed by atoms with Gasteiger partial charge in [-0.15, -0.1) is 0 Å². The first-order valence-corrected chi connectivity index (χ1v) is 12.0. The Kier molecular flexibility index (Phi) is 8.75. The van der Waals surface area contributed by atoms with Gasteiger partial charge in [-0.1, -0.05) is 32.9 Å². The number of Topliss-reactive ketones (excluding diaryl/α,β-unsaturated/α-hetero) is 2. The fraction of sp³-hybridized carbons (Fsp3) is 0.536. The van der Waals surface area contributed by atoms with E-state index in [1.54, 1.807) is 7.05 Å². The monoisotopic (exact) mass is 435 g/mol. The third-order valence-electron chi connectivity index (χ3n) is 7.02. The van der Waals surface area contributed by atoms with Crippen molar-refractivity contribution in [1.29, 1.82) is 0 Å². The fourth-order valence-electron chi connectivity index (χ4n) is 5.17. The van der Waals surface area contributed by atoms with Gasteiger partial charge >= 0.3 is 0 Å². The van der Waals surface area contributed by atoms with Crippen LogP contribution in [0.1, 0.15) is 87.0 Å². The lowest BCUT2D eigenvalue weighted by Gasteiger charge is -2.20. The second-order valence-corrected chi connectivity index (χ2v) is 9.31. The van der Waals surface area contributed by atoms with Crippen LogP contribution < -0.4 is 0 Å². The van der Waals surface area contributed by atoms with Gasteiger partial charge in [0.25, 0.3) is 0 Å². The van der Waals surface area contributed by atoms with Gasteiger partial charge in [0.15, 0.2) is 11.6 Å². The zero-order valence-electron chi connectivity index (χ0n) is 19.9. The third-order valence-corrected chi connectivity index (χ3v) is 7.02. The standard InChI is InChI=1S/C28H37NO3/c1-5-20-9-10-22(8-7-11-32-18-25(30)14-20)15-27(31)26-16-23-12-21(6-2)13-24(17-29-4)28(23)19(26)3/h6,12-13,16-17,19-20,22H,2,5,7-11,14-15,18H2,1,3-4H3. The van der Waals surface area contributed by atoms with Crippen LogP contribution in [0.25, 0.3) is 12.2 Å². The highest BCUT2D eigenvalue weighted by molar-refractivity contribution is 6.04. The topological polar surface area (TPSA) is 55.7 Å². The zero-order chi connectivity index (χ0) is 23.1. The van der Waals surface area contributed by atoms with E-state index in [1.165, 1.54) is 5.56 Å². The average Bonchev–Trinajstić information content (AvgIpc) is 3.10. The molecular formula is C28H37NO3. The van der Waals surface area contributed by atoms with E-state index in [9.17, 15) is 9.59 Å². The van der Waals surface area contributed by atoms with Crippen molar-refractivity contribution in [3.63, 3.8) is 0 Å². The number of hydrogen-bond donors (Lipinski definition) is 0. The molecule has 1 aliphatic carbocycles. The molecular weight excluding hydrogens is 398 g/mol. The van der Waals surface area contributed by atoms with Gasteiger partial charge in [-0.2, -0.15) is 0 Å². The van der Waals surface area contributed by atoms with Crippen molar-refractivity contribution < 1.29 is 14.3 Å². The molecule has 1 saturated heterocycles. The number of rotatable bonds is 6. The van der Waals surface area contributed by atoms with Gasteiger partial charge in [0.2, 0.25) is 0 Å². The van der Waals surface area contributed by atoms with Gasteiger partial charge < -0.3 is 4.74 Å². The van der Waals surface area contributed by atoms with Crippen molar-refractivity contribution in [3.8, 4) is 0 Å². The minimum absolute atomic E-state index is 0.0662. The molecule has 0 aromatic heterocycles. The van der Waals surface area contributed by atoms with E-state index in [-0.39, 0.29) is 24.1 Å². The zero-order valence-corrected chi connectivity index (χ0v) is 19.9. The molecule has 1 aromatic rings. The number of carbonyl (C=O) groups excluding carboxylic acids is 2. The molecule has 3 rings (SSSR count). The maximum absolute atomic E-state index is 13.4. The lowest BCUT2D eigenvalue weighted by Crippen LogP contribution is -2.15. The van der Waals surface area contributed by atoms with Crippen LogP contribution in [-0.4, -0.2) is 38.0 Å². The molecule has 1 fully saturated rings. The Bertz CT molecular complexity index is 911. The van der Waals surface area contributed by atoms with Crippen molar-refractivity contribution in [2.45, 2.75) is 64.7 Å². The average molecular weight is 436 g/mol. The fourth-order valence-corrected chi connectivity index (χ4v) is 5.17. The summed E-state index contributed by atoms with van der Waals surface area (Å²) in [5.74, 6) is 1.25. The summed E-state index contributed by atoms with van der Waals surface area (Å²) in [5, 5.41) is 0. The van der Waals surface area contributed by atoms with Gasteiger partial charge in [0.1, 0.15) is 6.61 Å². The molecule has 1 heterocycles. The number of aliphatic imine (C=N–C) groups is 1. The molecule has 32 heavy (non-hydrogen) atoms. The highest BCUT2D eigenvalue weighted by Gasteiger charge is 2.30. The largest absolute Gasteiger partial charge is 0.374 e. The molecule has 0 saturated carbocycles. The number of allylic oxidation sites excluding steroid dienone is 1. The second-order valence-electron chi connectivity index (χ2n) is 9.31. The Morgan fingerprint density at radius 1 is 1.25 bits per heavy atom. The molecule has 1 aromatic carbocycles. The van der Waals surface area contributed by atoms with Gasteiger partial charge in [-0.25, -0.2) is 0 Å². The Morgan fingerprint density at radius 2 is 2.03 bits per heavy atom. The number of ether oxygens (including phenoxy) is 1. The molecule has 0 amide bonds. The van der Waals surface area contributed by atoms with E-state index in [2.05, 4.69) is 43.6 Å². The van der Waals surface area contributed by atoms with Crippen LogP contribution in [0.5, 0.6) is 0 Å².